The van der Waals surface area contributed by atoms with Crippen LogP contribution in [0.15, 0.2) is 67.3 Å². The van der Waals surface area contributed by atoms with Gasteiger partial charge < -0.3 is 10.2 Å². The predicted molar refractivity (Wildman–Crippen MR) is 112 cm³/mol. The number of nitrogens with one attached hydrogen (secondary N) is 1. The zero-order valence-corrected chi connectivity index (χ0v) is 16.8. The number of carbonyl (C=O) groups excluding carboxylic acids is 1. The van der Waals surface area contributed by atoms with E-state index in [0.717, 1.165) is 37.1 Å². The minimum atomic E-state index is 0.00790. The molecule has 1 aromatic heterocycles. The molecule has 2 aromatic carbocycles. The Morgan fingerprint density at radius 1 is 1.14 bits per heavy atom. The van der Waals surface area contributed by atoms with E-state index in [1.165, 1.54) is 11.9 Å². The van der Waals surface area contributed by atoms with Gasteiger partial charge in [-0.25, -0.2) is 14.5 Å². The minimum Gasteiger partial charge on any atom is -0.334 e. The number of hydrogen-bond donors (Lipinski definition) is 1. The molecule has 1 atom stereocenters. The van der Waals surface area contributed by atoms with Gasteiger partial charge in [0.2, 0.25) is 0 Å². The van der Waals surface area contributed by atoms with Crippen LogP contribution in [0.1, 0.15) is 36.5 Å². The summed E-state index contributed by atoms with van der Waals surface area (Å²) < 4.78 is 1.79. The third kappa shape index (κ3) is 4.65. The van der Waals surface area contributed by atoms with Gasteiger partial charge in [0.25, 0.3) is 0 Å². The molecule has 1 fully saturated rings. The summed E-state index contributed by atoms with van der Waals surface area (Å²) >= 11 is 0. The van der Waals surface area contributed by atoms with Gasteiger partial charge in [0.1, 0.15) is 12.7 Å². The van der Waals surface area contributed by atoms with Crippen LogP contribution in [0.3, 0.4) is 0 Å². The first-order chi connectivity index (χ1) is 14.1. The number of benzene rings is 2. The molecular formula is C23H27N5O. The smallest absolute Gasteiger partial charge is 0.317 e. The number of urea groups is 1. The maximum Gasteiger partial charge on any atom is 0.317 e. The number of likely N-dealkylation sites (tertiary alicyclic amines) is 1. The molecule has 0 aliphatic carbocycles. The lowest BCUT2D eigenvalue weighted by molar-refractivity contribution is 0.155. The van der Waals surface area contributed by atoms with Crippen molar-refractivity contribution >= 4 is 6.03 Å². The highest BCUT2D eigenvalue weighted by atomic mass is 16.2. The van der Waals surface area contributed by atoms with Crippen LogP contribution in [0.25, 0.3) is 0 Å². The van der Waals surface area contributed by atoms with Crippen LogP contribution < -0.4 is 5.32 Å². The molecular weight excluding hydrogens is 362 g/mol. The first-order valence-electron chi connectivity index (χ1n) is 10.1. The number of rotatable bonds is 5. The van der Waals surface area contributed by atoms with Gasteiger partial charge in [-0.2, -0.15) is 5.10 Å². The Bertz CT molecular complexity index is 941. The van der Waals surface area contributed by atoms with Crippen LogP contribution in [0, 0.1) is 0 Å². The number of aromatic nitrogens is 3. The summed E-state index contributed by atoms with van der Waals surface area (Å²) in [6.45, 7) is 5.00. The van der Waals surface area contributed by atoms with E-state index in [9.17, 15) is 4.79 Å². The molecule has 0 spiro atoms. The average molecular weight is 390 g/mol. The Morgan fingerprint density at radius 3 is 2.76 bits per heavy atom. The van der Waals surface area contributed by atoms with E-state index in [1.807, 2.05) is 23.1 Å². The molecule has 2 amide bonds. The van der Waals surface area contributed by atoms with Crippen molar-refractivity contribution in [3.63, 3.8) is 0 Å². The van der Waals surface area contributed by atoms with Gasteiger partial charge in [0.05, 0.1) is 6.54 Å². The van der Waals surface area contributed by atoms with E-state index < -0.39 is 0 Å². The average Bonchev–Trinajstić information content (AvgIpc) is 3.26. The van der Waals surface area contributed by atoms with Crippen LogP contribution in [0.2, 0.25) is 0 Å². The highest BCUT2D eigenvalue weighted by Crippen LogP contribution is 2.33. The van der Waals surface area contributed by atoms with Gasteiger partial charge >= 0.3 is 6.03 Å². The van der Waals surface area contributed by atoms with Gasteiger partial charge in [-0.05, 0) is 29.5 Å². The lowest BCUT2D eigenvalue weighted by Crippen LogP contribution is -2.50. The fourth-order valence-electron chi connectivity index (χ4n) is 4.12. The predicted octanol–water partition coefficient (Wildman–Crippen LogP) is 3.59. The van der Waals surface area contributed by atoms with Crippen LogP contribution in [-0.4, -0.2) is 38.8 Å². The zero-order chi connectivity index (χ0) is 20.1. The van der Waals surface area contributed by atoms with E-state index >= 15 is 0 Å². The molecule has 2 heterocycles. The molecule has 150 valence electrons. The molecule has 0 bridgehead atoms. The largest absolute Gasteiger partial charge is 0.334 e. The maximum atomic E-state index is 12.8. The van der Waals surface area contributed by atoms with Crippen molar-refractivity contribution in [3.8, 4) is 0 Å². The number of amides is 2. The maximum absolute atomic E-state index is 12.8. The topological polar surface area (TPSA) is 63.1 Å². The molecule has 1 N–H and O–H groups in total. The molecule has 6 heteroatoms. The van der Waals surface area contributed by atoms with Crippen molar-refractivity contribution in [2.24, 2.45) is 0 Å². The summed E-state index contributed by atoms with van der Waals surface area (Å²) in [6.07, 6.45) is 5.36. The first kappa shape index (κ1) is 19.2. The summed E-state index contributed by atoms with van der Waals surface area (Å²) in [4.78, 5) is 18.8. The minimum absolute atomic E-state index is 0.00790. The Morgan fingerprint density at radius 2 is 1.97 bits per heavy atom. The SMILES string of the molecule is CC1(c2ccccc2)CCCN(C(=O)NCc2cccc(Cn3cncn3)c2)C1. The number of carbonyl (C=O) groups is 1. The number of hydrogen-bond acceptors (Lipinski definition) is 3. The normalized spacial score (nSPS) is 19.1. The van der Waals surface area contributed by atoms with E-state index in [4.69, 9.17) is 0 Å². The molecule has 4 rings (SSSR count). The lowest BCUT2D eigenvalue weighted by atomic mass is 9.76. The Hall–Kier alpha value is -3.15. The third-order valence-corrected chi connectivity index (χ3v) is 5.70. The summed E-state index contributed by atoms with van der Waals surface area (Å²) in [7, 11) is 0. The van der Waals surface area contributed by atoms with Crippen LogP contribution >= 0.6 is 0 Å². The summed E-state index contributed by atoms with van der Waals surface area (Å²) in [6, 6.07) is 18.7. The molecule has 1 saturated heterocycles. The quantitative estimate of drug-likeness (QED) is 0.725. The van der Waals surface area contributed by atoms with Gasteiger partial charge in [-0.15, -0.1) is 0 Å². The second-order valence-electron chi connectivity index (χ2n) is 8.02. The zero-order valence-electron chi connectivity index (χ0n) is 16.8. The molecule has 6 nitrogen and oxygen atoms in total. The van der Waals surface area contributed by atoms with E-state index in [0.29, 0.717) is 13.1 Å². The summed E-state index contributed by atoms with van der Waals surface area (Å²) in [5, 5.41) is 7.24. The molecule has 1 aliphatic heterocycles. The number of piperidine rings is 1. The third-order valence-electron chi connectivity index (χ3n) is 5.70. The molecule has 1 unspecified atom stereocenters. The van der Waals surface area contributed by atoms with Gasteiger partial charge in [-0.3, -0.25) is 0 Å². The second kappa shape index (κ2) is 8.47. The van der Waals surface area contributed by atoms with Crippen LogP contribution in [-0.2, 0) is 18.5 Å². The highest BCUT2D eigenvalue weighted by molar-refractivity contribution is 5.74. The van der Waals surface area contributed by atoms with Crippen molar-refractivity contribution in [3.05, 3.63) is 83.9 Å². The van der Waals surface area contributed by atoms with Gasteiger partial charge in [0.15, 0.2) is 0 Å². The van der Waals surface area contributed by atoms with Crippen molar-refractivity contribution < 1.29 is 4.79 Å². The number of nitrogens with zero attached hydrogens (tertiary/aromatic N) is 4. The molecule has 0 saturated carbocycles. The lowest BCUT2D eigenvalue weighted by Gasteiger charge is -2.41. The standard InChI is InChI=1S/C23H27N5O/c1-23(21-9-3-2-4-10-21)11-6-12-27(16-23)22(29)25-14-19-7-5-8-20(13-19)15-28-18-24-17-26-28/h2-5,7-10,13,17-18H,6,11-12,14-16H2,1H3,(H,25,29). The van der Waals surface area contributed by atoms with Crippen molar-refractivity contribution in [2.45, 2.75) is 38.3 Å². The van der Waals surface area contributed by atoms with E-state index in [2.05, 4.69) is 58.7 Å². The molecule has 3 aromatic rings. The molecule has 0 radical (unpaired) electrons. The second-order valence-corrected chi connectivity index (χ2v) is 8.02. The fourth-order valence-corrected chi connectivity index (χ4v) is 4.12. The van der Waals surface area contributed by atoms with Crippen LogP contribution in [0.4, 0.5) is 4.79 Å². The Balaban J connectivity index is 1.36. The van der Waals surface area contributed by atoms with Crippen molar-refractivity contribution in [1.82, 2.24) is 25.0 Å². The highest BCUT2D eigenvalue weighted by Gasteiger charge is 2.34. The van der Waals surface area contributed by atoms with Crippen molar-refractivity contribution in [1.29, 1.82) is 0 Å². The fraction of sp³-hybridized carbons (Fsp3) is 0.348. The molecule has 1 aliphatic rings. The Kier molecular flexibility index (Phi) is 5.60. The first-order valence-corrected chi connectivity index (χ1v) is 10.1. The summed E-state index contributed by atoms with van der Waals surface area (Å²) in [5.41, 5.74) is 3.53. The van der Waals surface area contributed by atoms with E-state index in [-0.39, 0.29) is 11.4 Å². The van der Waals surface area contributed by atoms with Gasteiger partial charge in [-0.1, -0.05) is 61.5 Å². The summed E-state index contributed by atoms with van der Waals surface area (Å²) in [5.74, 6) is 0. The van der Waals surface area contributed by atoms with Crippen LogP contribution in [0.5, 0.6) is 0 Å². The van der Waals surface area contributed by atoms with E-state index in [1.54, 1.807) is 11.0 Å². The van der Waals surface area contributed by atoms with Gasteiger partial charge in [0, 0.05) is 25.0 Å². The van der Waals surface area contributed by atoms with Crippen molar-refractivity contribution in [2.75, 3.05) is 13.1 Å². The molecule has 29 heavy (non-hydrogen) atoms. The monoisotopic (exact) mass is 389 g/mol. The Labute approximate surface area is 171 Å².